The molecule has 0 radical (unpaired) electrons. The van der Waals surface area contributed by atoms with Gasteiger partial charge < -0.3 is 5.32 Å². The molecule has 2 nitrogen and oxygen atoms in total. The first-order valence-corrected chi connectivity index (χ1v) is 7.13. The van der Waals surface area contributed by atoms with E-state index in [9.17, 15) is 18.0 Å². The molecule has 0 aromatic heterocycles. The molecule has 7 heteroatoms. The maximum Gasteiger partial charge on any atom is 0.410 e. The number of halogens is 5. The molecule has 104 valence electrons. The highest BCUT2D eigenvalue weighted by Crippen LogP contribution is 2.23. The van der Waals surface area contributed by atoms with E-state index in [-0.39, 0.29) is 28.5 Å². The quantitative estimate of drug-likeness (QED) is 0.679. The van der Waals surface area contributed by atoms with Crippen molar-refractivity contribution in [3.05, 3.63) is 44.0 Å². The van der Waals surface area contributed by atoms with Crippen LogP contribution in [0.25, 0.3) is 0 Å². The molecular weight excluding hydrogens is 438 g/mol. The molecule has 1 aromatic rings. The van der Waals surface area contributed by atoms with Crippen LogP contribution in [0.5, 0.6) is 0 Å². The van der Waals surface area contributed by atoms with Crippen molar-refractivity contribution in [2.45, 2.75) is 12.6 Å². The van der Waals surface area contributed by atoms with Gasteiger partial charge in [-0.15, -0.1) is 0 Å². The van der Waals surface area contributed by atoms with Crippen molar-refractivity contribution < 1.29 is 18.0 Å². The van der Waals surface area contributed by atoms with Crippen molar-refractivity contribution in [3.63, 3.8) is 0 Å². The number of hydrogen-bond acceptors (Lipinski definition) is 1. The number of carbonyl (C=O) groups excluding carboxylic acids is 1. The molecule has 1 amide bonds. The summed E-state index contributed by atoms with van der Waals surface area (Å²) < 4.78 is 37.1. The van der Waals surface area contributed by atoms with Gasteiger partial charge in [0.05, 0.1) is 0 Å². The van der Waals surface area contributed by atoms with Crippen LogP contribution in [0.2, 0.25) is 0 Å². The monoisotopic (exact) mass is 447 g/mol. The molecule has 1 aromatic carbocycles. The van der Waals surface area contributed by atoms with Gasteiger partial charge in [-0.3, -0.25) is 4.79 Å². The lowest BCUT2D eigenvalue weighted by Crippen LogP contribution is -2.24. The summed E-state index contributed by atoms with van der Waals surface area (Å²) in [6, 6.07) is 6.72. The van der Waals surface area contributed by atoms with E-state index >= 15 is 0 Å². The highest BCUT2D eigenvalue weighted by molar-refractivity contribution is 14.1. The minimum atomic E-state index is -4.31. The summed E-state index contributed by atoms with van der Waals surface area (Å²) in [6.45, 7) is 0.166. The Morgan fingerprint density at radius 2 is 1.89 bits per heavy atom. The van der Waals surface area contributed by atoms with Gasteiger partial charge in [0.25, 0.3) is 5.91 Å². The first kappa shape index (κ1) is 16.5. The highest BCUT2D eigenvalue weighted by atomic mass is 127. The lowest BCUT2D eigenvalue weighted by molar-refractivity contribution is -0.0801. The normalized spacial score (nSPS) is 12.4. The smallest absolute Gasteiger partial charge is 0.352 e. The zero-order valence-electron chi connectivity index (χ0n) is 9.60. The Morgan fingerprint density at radius 3 is 2.42 bits per heavy atom. The fraction of sp³-hybridized carbons (Fsp3) is 0.250. The first-order valence-electron chi connectivity index (χ1n) is 5.25. The van der Waals surface area contributed by atoms with Crippen LogP contribution in [-0.2, 0) is 0 Å². The maximum atomic E-state index is 12.0. The summed E-state index contributed by atoms with van der Waals surface area (Å²) in [5, 5.41) is 2.57. The van der Waals surface area contributed by atoms with E-state index in [1.165, 1.54) is 0 Å². The molecule has 0 aliphatic carbocycles. The maximum absolute atomic E-state index is 12.0. The summed E-state index contributed by atoms with van der Waals surface area (Å²) >= 11 is 4.86. The molecular formula is C12H10BrF3INO. The molecule has 19 heavy (non-hydrogen) atoms. The number of amides is 1. The Morgan fingerprint density at radius 1 is 1.32 bits per heavy atom. The Hall–Kier alpha value is -0.570. The number of carbonyl (C=O) groups is 1. The molecule has 0 spiro atoms. The molecule has 1 N–H and O–H groups in total. The van der Waals surface area contributed by atoms with Gasteiger partial charge in [0, 0.05) is 22.7 Å². The highest BCUT2D eigenvalue weighted by Gasteiger charge is 2.23. The average Bonchev–Trinajstić information content (AvgIpc) is 2.27. The summed E-state index contributed by atoms with van der Waals surface area (Å²) in [4.78, 5) is 11.7. The van der Waals surface area contributed by atoms with E-state index in [4.69, 9.17) is 0 Å². The molecule has 0 bridgehead atoms. The largest absolute Gasteiger partial charge is 0.410 e. The Kier molecular flexibility index (Phi) is 6.31. The first-order chi connectivity index (χ1) is 8.78. The molecule has 0 saturated carbocycles. The Labute approximate surface area is 130 Å². The molecule has 0 unspecified atom stereocenters. The van der Waals surface area contributed by atoms with Gasteiger partial charge in [0.15, 0.2) is 0 Å². The van der Waals surface area contributed by atoms with Crippen molar-refractivity contribution in [1.29, 1.82) is 0 Å². The predicted octanol–water partition coefficient (Wildman–Crippen LogP) is 4.45. The van der Waals surface area contributed by atoms with Crippen LogP contribution in [0, 0.1) is 0 Å². The third-order valence-corrected chi connectivity index (χ3v) is 3.46. The second-order valence-electron chi connectivity index (χ2n) is 3.65. The Balaban J connectivity index is 2.43. The average molecular weight is 448 g/mol. The number of rotatable bonds is 4. The number of alkyl halides is 3. The van der Waals surface area contributed by atoms with E-state index in [1.807, 2.05) is 0 Å². The van der Waals surface area contributed by atoms with Gasteiger partial charge in [0.2, 0.25) is 0 Å². The fourth-order valence-electron chi connectivity index (χ4n) is 1.25. The van der Waals surface area contributed by atoms with Crippen LogP contribution in [0.3, 0.4) is 0 Å². The SMILES string of the molecule is O=C(NCCC(I)=CC(F)(F)F)c1ccc(Br)cc1. The number of benzene rings is 1. The molecule has 0 saturated heterocycles. The zero-order chi connectivity index (χ0) is 14.5. The van der Waals surface area contributed by atoms with E-state index in [0.717, 1.165) is 4.47 Å². The van der Waals surface area contributed by atoms with Crippen LogP contribution in [0.1, 0.15) is 16.8 Å². The molecule has 0 heterocycles. The van der Waals surface area contributed by atoms with Gasteiger partial charge in [0.1, 0.15) is 0 Å². The third kappa shape index (κ3) is 6.95. The minimum Gasteiger partial charge on any atom is -0.352 e. The standard InChI is InChI=1S/C12H10BrF3INO/c13-9-3-1-8(2-4-9)11(19)18-6-5-10(17)7-12(14,15)16/h1-4,7H,5-6H2,(H,18,19). The van der Waals surface area contributed by atoms with Crippen molar-refractivity contribution in [2.75, 3.05) is 6.54 Å². The van der Waals surface area contributed by atoms with E-state index in [2.05, 4.69) is 21.2 Å². The van der Waals surface area contributed by atoms with Crippen LogP contribution >= 0.6 is 38.5 Å². The van der Waals surface area contributed by atoms with Crippen LogP contribution in [0.15, 0.2) is 38.4 Å². The van der Waals surface area contributed by atoms with Gasteiger partial charge in [-0.05, 0) is 56.9 Å². The summed E-state index contributed by atoms with van der Waals surface area (Å²) in [6.07, 6.45) is -3.92. The molecule has 0 aliphatic rings. The van der Waals surface area contributed by atoms with Crippen molar-refractivity contribution in [1.82, 2.24) is 5.32 Å². The zero-order valence-corrected chi connectivity index (χ0v) is 13.3. The van der Waals surface area contributed by atoms with Gasteiger partial charge in [-0.25, -0.2) is 0 Å². The fourth-order valence-corrected chi connectivity index (χ4v) is 2.14. The molecule has 0 aliphatic heterocycles. The Bertz CT molecular complexity index is 471. The number of nitrogens with one attached hydrogen (secondary N) is 1. The van der Waals surface area contributed by atoms with Crippen LogP contribution < -0.4 is 5.32 Å². The van der Waals surface area contributed by atoms with Gasteiger partial charge in [-0.1, -0.05) is 15.9 Å². The minimum absolute atomic E-state index is 0.154. The molecule has 1 rings (SSSR count). The predicted molar refractivity (Wildman–Crippen MR) is 79.3 cm³/mol. The van der Waals surface area contributed by atoms with Crippen molar-refractivity contribution in [2.24, 2.45) is 0 Å². The number of allylic oxidation sites excluding steroid dienone is 1. The molecule has 0 fully saturated rings. The second-order valence-corrected chi connectivity index (χ2v) is 5.95. The molecule has 0 atom stereocenters. The van der Waals surface area contributed by atoms with E-state index < -0.39 is 6.18 Å². The third-order valence-electron chi connectivity index (χ3n) is 2.08. The van der Waals surface area contributed by atoms with Crippen molar-refractivity contribution in [3.8, 4) is 0 Å². The number of hydrogen-bond donors (Lipinski definition) is 1. The van der Waals surface area contributed by atoms with Gasteiger partial charge >= 0.3 is 6.18 Å². The summed E-state index contributed by atoms with van der Waals surface area (Å²) in [5.41, 5.74) is 0.470. The van der Waals surface area contributed by atoms with Crippen LogP contribution in [0.4, 0.5) is 13.2 Å². The van der Waals surface area contributed by atoms with Crippen LogP contribution in [-0.4, -0.2) is 18.6 Å². The van der Waals surface area contributed by atoms with Gasteiger partial charge in [-0.2, -0.15) is 13.2 Å². The summed E-state index contributed by atoms with van der Waals surface area (Å²) in [5.74, 6) is -0.302. The summed E-state index contributed by atoms with van der Waals surface area (Å²) in [7, 11) is 0. The topological polar surface area (TPSA) is 29.1 Å². The lowest BCUT2D eigenvalue weighted by atomic mass is 10.2. The van der Waals surface area contributed by atoms with E-state index in [0.29, 0.717) is 5.56 Å². The second kappa shape index (κ2) is 7.28. The van der Waals surface area contributed by atoms with Crippen molar-refractivity contribution >= 4 is 44.4 Å². The lowest BCUT2D eigenvalue weighted by Gasteiger charge is -2.06. The van der Waals surface area contributed by atoms with E-state index in [1.54, 1.807) is 46.9 Å².